The number of nitrogens with two attached hydrogens (primary N) is 1. The molecule has 1 aromatic heterocycles. The lowest BCUT2D eigenvalue weighted by Crippen LogP contribution is -1.99. The van der Waals surface area contributed by atoms with E-state index in [1.165, 1.54) is 0 Å². The molecule has 0 saturated heterocycles. The number of hydrogen-bond acceptors (Lipinski definition) is 4. The van der Waals surface area contributed by atoms with Crippen LogP contribution in [0.3, 0.4) is 0 Å². The third kappa shape index (κ3) is 2.72. The van der Waals surface area contributed by atoms with Crippen LogP contribution in [0.25, 0.3) is 0 Å². The second kappa shape index (κ2) is 4.82. The van der Waals surface area contributed by atoms with E-state index in [1.54, 1.807) is 13.3 Å². The van der Waals surface area contributed by atoms with Gasteiger partial charge in [0, 0.05) is 18.3 Å². The SMILES string of the molecule is COc1ccc(Cc2nccc(C)n2)cc1N. The Morgan fingerprint density at radius 1 is 1.29 bits per heavy atom. The van der Waals surface area contributed by atoms with Gasteiger partial charge in [0.2, 0.25) is 0 Å². The average molecular weight is 229 g/mol. The van der Waals surface area contributed by atoms with Gasteiger partial charge in [-0.3, -0.25) is 0 Å². The second-order valence-corrected chi connectivity index (χ2v) is 3.87. The molecule has 0 fully saturated rings. The zero-order valence-corrected chi connectivity index (χ0v) is 9.97. The van der Waals surface area contributed by atoms with E-state index < -0.39 is 0 Å². The average Bonchev–Trinajstić information content (AvgIpc) is 2.29. The highest BCUT2D eigenvalue weighted by molar-refractivity contribution is 5.54. The van der Waals surface area contributed by atoms with E-state index >= 15 is 0 Å². The molecule has 2 aromatic rings. The van der Waals surface area contributed by atoms with Crippen molar-refractivity contribution in [1.82, 2.24) is 9.97 Å². The molecule has 88 valence electrons. The Morgan fingerprint density at radius 2 is 2.12 bits per heavy atom. The molecule has 1 heterocycles. The molecule has 1 aromatic carbocycles. The smallest absolute Gasteiger partial charge is 0.141 e. The molecule has 0 unspecified atom stereocenters. The summed E-state index contributed by atoms with van der Waals surface area (Å²) in [6.45, 7) is 1.95. The van der Waals surface area contributed by atoms with Crippen molar-refractivity contribution >= 4 is 5.69 Å². The molecule has 0 amide bonds. The van der Waals surface area contributed by atoms with E-state index in [0.29, 0.717) is 17.9 Å². The van der Waals surface area contributed by atoms with Gasteiger partial charge in [0.25, 0.3) is 0 Å². The van der Waals surface area contributed by atoms with Gasteiger partial charge in [0.1, 0.15) is 11.6 Å². The molecule has 17 heavy (non-hydrogen) atoms. The molecule has 0 saturated carbocycles. The highest BCUT2D eigenvalue weighted by atomic mass is 16.5. The molecular formula is C13H15N3O. The van der Waals surface area contributed by atoms with Crippen molar-refractivity contribution in [3.63, 3.8) is 0 Å². The Hall–Kier alpha value is -2.10. The maximum Gasteiger partial charge on any atom is 0.141 e. The van der Waals surface area contributed by atoms with Crippen molar-refractivity contribution in [2.24, 2.45) is 0 Å². The number of hydrogen-bond donors (Lipinski definition) is 1. The summed E-state index contributed by atoms with van der Waals surface area (Å²) in [5.41, 5.74) is 8.53. The molecule has 2 rings (SSSR count). The second-order valence-electron chi connectivity index (χ2n) is 3.87. The normalized spacial score (nSPS) is 10.2. The molecule has 0 atom stereocenters. The summed E-state index contributed by atoms with van der Waals surface area (Å²) in [4.78, 5) is 8.58. The quantitative estimate of drug-likeness (QED) is 0.817. The molecule has 0 aliphatic rings. The molecule has 2 N–H and O–H groups in total. The zero-order valence-electron chi connectivity index (χ0n) is 9.97. The van der Waals surface area contributed by atoms with Crippen LogP contribution < -0.4 is 10.5 Å². The van der Waals surface area contributed by atoms with Gasteiger partial charge in [-0.2, -0.15) is 0 Å². The maximum atomic E-state index is 5.85. The number of methoxy groups -OCH3 is 1. The molecule has 4 nitrogen and oxygen atoms in total. The number of aryl methyl sites for hydroxylation is 1. The van der Waals surface area contributed by atoms with Crippen LogP contribution in [0.2, 0.25) is 0 Å². The minimum Gasteiger partial charge on any atom is -0.495 e. The van der Waals surface area contributed by atoms with E-state index in [-0.39, 0.29) is 0 Å². The fourth-order valence-electron chi connectivity index (χ4n) is 1.66. The Labute approximate surface area is 100 Å². The Bertz CT molecular complexity index is 526. The van der Waals surface area contributed by atoms with Crippen LogP contribution in [0.5, 0.6) is 5.75 Å². The predicted octanol–water partition coefficient (Wildman–Crippen LogP) is 1.97. The number of nitrogen functional groups attached to an aromatic ring is 1. The van der Waals surface area contributed by atoms with Crippen molar-refractivity contribution in [1.29, 1.82) is 0 Å². The molecular weight excluding hydrogens is 214 g/mol. The van der Waals surface area contributed by atoms with Crippen molar-refractivity contribution in [2.75, 3.05) is 12.8 Å². The van der Waals surface area contributed by atoms with Gasteiger partial charge in [-0.05, 0) is 30.7 Å². The van der Waals surface area contributed by atoms with Crippen LogP contribution in [0.4, 0.5) is 5.69 Å². The Morgan fingerprint density at radius 3 is 2.76 bits per heavy atom. The molecule has 0 aliphatic heterocycles. The summed E-state index contributed by atoms with van der Waals surface area (Å²) in [6.07, 6.45) is 2.44. The fraction of sp³-hybridized carbons (Fsp3) is 0.231. The van der Waals surface area contributed by atoms with Crippen LogP contribution in [0.1, 0.15) is 17.1 Å². The van der Waals surface area contributed by atoms with Crippen LogP contribution in [0, 0.1) is 6.92 Å². The molecule has 0 bridgehead atoms. The minimum absolute atomic E-state index is 0.637. The fourth-order valence-corrected chi connectivity index (χ4v) is 1.66. The first-order valence-corrected chi connectivity index (χ1v) is 5.40. The first-order chi connectivity index (χ1) is 8.19. The summed E-state index contributed by atoms with van der Waals surface area (Å²) in [5, 5.41) is 0. The van der Waals surface area contributed by atoms with E-state index in [2.05, 4.69) is 9.97 Å². The number of ether oxygens (including phenoxy) is 1. The topological polar surface area (TPSA) is 61.0 Å². The van der Waals surface area contributed by atoms with E-state index in [9.17, 15) is 0 Å². The summed E-state index contributed by atoms with van der Waals surface area (Å²) in [7, 11) is 1.61. The summed E-state index contributed by atoms with van der Waals surface area (Å²) in [6, 6.07) is 7.61. The summed E-state index contributed by atoms with van der Waals surface area (Å²) in [5.74, 6) is 1.49. The van der Waals surface area contributed by atoms with Crippen LogP contribution >= 0.6 is 0 Å². The van der Waals surface area contributed by atoms with Crippen LogP contribution in [-0.2, 0) is 6.42 Å². The summed E-state index contributed by atoms with van der Waals surface area (Å²) >= 11 is 0. The lowest BCUT2D eigenvalue weighted by molar-refractivity contribution is 0.417. The minimum atomic E-state index is 0.637. The van der Waals surface area contributed by atoms with Crippen LogP contribution in [0.15, 0.2) is 30.5 Å². The lowest BCUT2D eigenvalue weighted by Gasteiger charge is -2.06. The lowest BCUT2D eigenvalue weighted by atomic mass is 10.1. The zero-order chi connectivity index (χ0) is 12.3. The summed E-state index contributed by atoms with van der Waals surface area (Å²) < 4.78 is 5.11. The van der Waals surface area contributed by atoms with Gasteiger partial charge < -0.3 is 10.5 Å². The molecule has 0 radical (unpaired) electrons. The van der Waals surface area contributed by atoms with Crippen molar-refractivity contribution < 1.29 is 4.74 Å². The number of anilines is 1. The molecule has 0 aliphatic carbocycles. The number of benzene rings is 1. The monoisotopic (exact) mass is 229 g/mol. The van der Waals surface area contributed by atoms with Gasteiger partial charge in [-0.1, -0.05) is 6.07 Å². The highest BCUT2D eigenvalue weighted by Gasteiger charge is 2.03. The van der Waals surface area contributed by atoms with E-state index in [1.807, 2.05) is 31.2 Å². The van der Waals surface area contributed by atoms with Crippen molar-refractivity contribution in [2.45, 2.75) is 13.3 Å². The van der Waals surface area contributed by atoms with E-state index in [0.717, 1.165) is 17.1 Å². The highest BCUT2D eigenvalue weighted by Crippen LogP contribution is 2.22. The standard InChI is InChI=1S/C13H15N3O/c1-9-5-6-15-13(16-9)8-10-3-4-12(17-2)11(14)7-10/h3-7H,8,14H2,1-2H3. The van der Waals surface area contributed by atoms with Gasteiger partial charge in [0.15, 0.2) is 0 Å². The van der Waals surface area contributed by atoms with E-state index in [4.69, 9.17) is 10.5 Å². The Balaban J connectivity index is 2.22. The van der Waals surface area contributed by atoms with Crippen LogP contribution in [-0.4, -0.2) is 17.1 Å². The van der Waals surface area contributed by atoms with Crippen molar-refractivity contribution in [3.8, 4) is 5.75 Å². The Kier molecular flexibility index (Phi) is 3.23. The van der Waals surface area contributed by atoms with Gasteiger partial charge >= 0.3 is 0 Å². The number of aromatic nitrogens is 2. The number of rotatable bonds is 3. The van der Waals surface area contributed by atoms with Crippen molar-refractivity contribution in [3.05, 3.63) is 47.5 Å². The largest absolute Gasteiger partial charge is 0.495 e. The van der Waals surface area contributed by atoms with Gasteiger partial charge in [-0.15, -0.1) is 0 Å². The molecule has 0 spiro atoms. The maximum absolute atomic E-state index is 5.85. The van der Waals surface area contributed by atoms with Gasteiger partial charge in [0.05, 0.1) is 12.8 Å². The van der Waals surface area contributed by atoms with Gasteiger partial charge in [-0.25, -0.2) is 9.97 Å². The molecule has 4 heteroatoms. The first-order valence-electron chi connectivity index (χ1n) is 5.40. The first kappa shape index (κ1) is 11.4. The predicted molar refractivity (Wildman–Crippen MR) is 67.0 cm³/mol. The third-order valence-electron chi connectivity index (χ3n) is 2.50. The third-order valence-corrected chi connectivity index (χ3v) is 2.50. The number of nitrogens with zero attached hydrogens (tertiary/aromatic N) is 2.